The topological polar surface area (TPSA) is 30.7 Å². The zero-order valence-electron chi connectivity index (χ0n) is 7.11. The first-order valence-electron chi connectivity index (χ1n) is 3.91. The number of fused-ring (bicyclic) bond motifs is 1. The van der Waals surface area contributed by atoms with E-state index < -0.39 is 0 Å². The number of aromatic nitrogens is 3. The predicted octanol–water partition coefficient (Wildman–Crippen LogP) is 2.49. The normalized spacial score (nSPS) is 12.3. The maximum Gasteiger partial charge on any atom is 0.113 e. The molecule has 0 bridgehead atoms. The van der Waals surface area contributed by atoms with Crippen LogP contribution < -0.4 is 0 Å². The van der Waals surface area contributed by atoms with E-state index >= 15 is 0 Å². The summed E-state index contributed by atoms with van der Waals surface area (Å²) in [4.78, 5) is 0. The standard InChI is InChI=1S/C9H8ClN3/c1-7(10)6-13-9-5-3-2-4-8(9)11-12-13/h2-6H,1H3. The van der Waals surface area contributed by atoms with Crippen LogP contribution in [-0.2, 0) is 0 Å². The van der Waals surface area contributed by atoms with Gasteiger partial charge in [-0.15, -0.1) is 5.10 Å². The Morgan fingerprint density at radius 1 is 1.46 bits per heavy atom. The Labute approximate surface area is 80.6 Å². The van der Waals surface area contributed by atoms with Crippen LogP contribution in [0.2, 0.25) is 0 Å². The highest BCUT2D eigenvalue weighted by Gasteiger charge is 1.99. The third-order valence-corrected chi connectivity index (χ3v) is 1.78. The van der Waals surface area contributed by atoms with Crippen LogP contribution >= 0.6 is 11.6 Å². The minimum atomic E-state index is 0.677. The number of hydrogen-bond donors (Lipinski definition) is 0. The van der Waals surface area contributed by atoms with Gasteiger partial charge in [0.25, 0.3) is 0 Å². The van der Waals surface area contributed by atoms with Gasteiger partial charge in [0.05, 0.1) is 5.52 Å². The molecule has 0 amide bonds. The van der Waals surface area contributed by atoms with Crippen molar-refractivity contribution in [1.29, 1.82) is 0 Å². The molecule has 66 valence electrons. The Bertz CT molecular complexity index is 455. The number of allylic oxidation sites excluding steroid dienone is 1. The quantitative estimate of drug-likeness (QED) is 0.697. The molecule has 0 spiro atoms. The summed E-state index contributed by atoms with van der Waals surface area (Å²) in [6.07, 6.45) is 1.73. The van der Waals surface area contributed by atoms with Gasteiger partial charge in [-0.05, 0) is 19.1 Å². The number of para-hydroxylation sites is 1. The summed E-state index contributed by atoms with van der Waals surface area (Å²) < 4.78 is 1.66. The van der Waals surface area contributed by atoms with Gasteiger partial charge in [-0.2, -0.15) is 0 Å². The van der Waals surface area contributed by atoms with E-state index in [2.05, 4.69) is 10.3 Å². The highest BCUT2D eigenvalue weighted by molar-refractivity contribution is 6.30. The number of halogens is 1. The molecule has 0 atom stereocenters. The number of nitrogens with zero attached hydrogens (tertiary/aromatic N) is 3. The van der Waals surface area contributed by atoms with E-state index in [0.717, 1.165) is 11.0 Å². The first kappa shape index (κ1) is 8.26. The van der Waals surface area contributed by atoms with Crippen molar-refractivity contribution in [3.63, 3.8) is 0 Å². The first-order valence-corrected chi connectivity index (χ1v) is 4.29. The van der Waals surface area contributed by atoms with E-state index in [1.54, 1.807) is 17.8 Å². The molecule has 0 unspecified atom stereocenters. The average molecular weight is 194 g/mol. The molecule has 0 aliphatic heterocycles. The Hall–Kier alpha value is -1.35. The van der Waals surface area contributed by atoms with Gasteiger partial charge in [-0.1, -0.05) is 28.9 Å². The fourth-order valence-electron chi connectivity index (χ4n) is 1.15. The average Bonchev–Trinajstić information content (AvgIpc) is 2.48. The Kier molecular flexibility index (Phi) is 2.02. The molecular weight excluding hydrogens is 186 g/mol. The summed E-state index contributed by atoms with van der Waals surface area (Å²) in [5, 5.41) is 8.60. The number of rotatable bonds is 1. The van der Waals surface area contributed by atoms with Crippen LogP contribution in [0, 0.1) is 0 Å². The number of hydrogen-bond acceptors (Lipinski definition) is 2. The van der Waals surface area contributed by atoms with E-state index in [4.69, 9.17) is 11.6 Å². The summed E-state index contributed by atoms with van der Waals surface area (Å²) in [5.74, 6) is 0. The van der Waals surface area contributed by atoms with Crippen molar-refractivity contribution in [3.8, 4) is 0 Å². The second-order valence-corrected chi connectivity index (χ2v) is 3.33. The number of benzene rings is 1. The van der Waals surface area contributed by atoms with Gasteiger partial charge in [0.15, 0.2) is 0 Å². The van der Waals surface area contributed by atoms with E-state index in [1.807, 2.05) is 24.3 Å². The lowest BCUT2D eigenvalue weighted by Gasteiger charge is -1.92. The fourth-order valence-corrected chi connectivity index (χ4v) is 1.24. The molecule has 3 nitrogen and oxygen atoms in total. The molecule has 0 fully saturated rings. The van der Waals surface area contributed by atoms with Crippen LogP contribution in [0.15, 0.2) is 29.3 Å². The van der Waals surface area contributed by atoms with Gasteiger partial charge in [0, 0.05) is 11.2 Å². The van der Waals surface area contributed by atoms with E-state index in [-0.39, 0.29) is 0 Å². The van der Waals surface area contributed by atoms with Crippen LogP contribution in [-0.4, -0.2) is 15.0 Å². The smallest absolute Gasteiger partial charge is 0.113 e. The van der Waals surface area contributed by atoms with Crippen molar-refractivity contribution in [3.05, 3.63) is 29.3 Å². The van der Waals surface area contributed by atoms with Gasteiger partial charge >= 0.3 is 0 Å². The molecule has 13 heavy (non-hydrogen) atoms. The van der Waals surface area contributed by atoms with Crippen LogP contribution in [0.3, 0.4) is 0 Å². The second-order valence-electron chi connectivity index (χ2n) is 2.74. The Morgan fingerprint density at radius 2 is 2.23 bits per heavy atom. The van der Waals surface area contributed by atoms with Crippen molar-refractivity contribution in [1.82, 2.24) is 15.0 Å². The minimum absolute atomic E-state index is 0.677. The van der Waals surface area contributed by atoms with Crippen molar-refractivity contribution in [2.24, 2.45) is 0 Å². The van der Waals surface area contributed by atoms with Gasteiger partial charge in [0.2, 0.25) is 0 Å². The van der Waals surface area contributed by atoms with Crippen LogP contribution in [0.4, 0.5) is 0 Å². The Morgan fingerprint density at radius 3 is 3.00 bits per heavy atom. The maximum atomic E-state index is 5.74. The molecular formula is C9H8ClN3. The zero-order chi connectivity index (χ0) is 9.26. The molecule has 1 aromatic carbocycles. The molecule has 0 saturated heterocycles. The monoisotopic (exact) mass is 193 g/mol. The molecule has 0 aliphatic carbocycles. The van der Waals surface area contributed by atoms with Crippen LogP contribution in [0.25, 0.3) is 17.2 Å². The fraction of sp³-hybridized carbons (Fsp3) is 0.111. The van der Waals surface area contributed by atoms with E-state index in [0.29, 0.717) is 5.03 Å². The highest BCUT2D eigenvalue weighted by atomic mass is 35.5. The van der Waals surface area contributed by atoms with Crippen molar-refractivity contribution in [2.45, 2.75) is 6.92 Å². The molecule has 2 rings (SSSR count). The first-order chi connectivity index (χ1) is 6.27. The molecule has 0 saturated carbocycles. The molecule has 2 aromatic rings. The zero-order valence-corrected chi connectivity index (χ0v) is 7.86. The third kappa shape index (κ3) is 1.55. The lowest BCUT2D eigenvalue weighted by molar-refractivity contribution is 0.859. The largest absolute Gasteiger partial charge is 0.219 e. The molecule has 1 aromatic heterocycles. The molecule has 0 radical (unpaired) electrons. The van der Waals surface area contributed by atoms with E-state index in [1.165, 1.54) is 0 Å². The van der Waals surface area contributed by atoms with Gasteiger partial charge in [-0.3, -0.25) is 0 Å². The maximum absolute atomic E-state index is 5.74. The Balaban J connectivity index is 2.65. The predicted molar refractivity (Wildman–Crippen MR) is 53.3 cm³/mol. The molecule has 4 heteroatoms. The van der Waals surface area contributed by atoms with Crippen molar-refractivity contribution >= 4 is 28.8 Å². The van der Waals surface area contributed by atoms with Gasteiger partial charge in [0.1, 0.15) is 5.52 Å². The third-order valence-electron chi connectivity index (χ3n) is 1.68. The van der Waals surface area contributed by atoms with Gasteiger partial charge < -0.3 is 0 Å². The van der Waals surface area contributed by atoms with Gasteiger partial charge in [-0.25, -0.2) is 4.68 Å². The molecule has 0 N–H and O–H groups in total. The lowest BCUT2D eigenvalue weighted by atomic mass is 10.3. The molecule has 1 heterocycles. The highest BCUT2D eigenvalue weighted by Crippen LogP contribution is 2.11. The van der Waals surface area contributed by atoms with Crippen LogP contribution in [0.5, 0.6) is 0 Å². The summed E-state index contributed by atoms with van der Waals surface area (Å²) in [6, 6.07) is 7.74. The van der Waals surface area contributed by atoms with Crippen LogP contribution in [0.1, 0.15) is 6.92 Å². The second kappa shape index (κ2) is 3.18. The SMILES string of the molecule is CC(Cl)=Cn1nnc2ccccc21. The minimum Gasteiger partial charge on any atom is -0.219 e. The lowest BCUT2D eigenvalue weighted by Crippen LogP contribution is -1.88. The van der Waals surface area contributed by atoms with Crippen molar-refractivity contribution in [2.75, 3.05) is 0 Å². The summed E-state index contributed by atoms with van der Waals surface area (Å²) in [5.41, 5.74) is 1.83. The van der Waals surface area contributed by atoms with E-state index in [9.17, 15) is 0 Å². The molecule has 0 aliphatic rings. The summed E-state index contributed by atoms with van der Waals surface area (Å²) in [6.45, 7) is 1.80. The van der Waals surface area contributed by atoms with Crippen molar-refractivity contribution < 1.29 is 0 Å². The summed E-state index contributed by atoms with van der Waals surface area (Å²) >= 11 is 5.74. The summed E-state index contributed by atoms with van der Waals surface area (Å²) in [7, 11) is 0.